The van der Waals surface area contributed by atoms with E-state index in [-0.39, 0.29) is 0 Å². The van der Waals surface area contributed by atoms with Crippen LogP contribution in [-0.4, -0.2) is 15.8 Å². The summed E-state index contributed by atoms with van der Waals surface area (Å²) in [6.45, 7) is 3.55. The zero-order valence-electron chi connectivity index (χ0n) is 9.50. The van der Waals surface area contributed by atoms with E-state index in [1.54, 1.807) is 24.3 Å². The Morgan fingerprint density at radius 3 is 2.72 bits per heavy atom. The van der Waals surface area contributed by atoms with Gasteiger partial charge in [-0.05, 0) is 12.0 Å². The molecule has 0 saturated carbocycles. The number of aliphatic hydroxyl groups excluding tert-OH is 1. The summed E-state index contributed by atoms with van der Waals surface area (Å²) >= 11 is 0. The molecule has 1 unspecified atom stereocenters. The molecule has 1 N–H and O–H groups in total. The highest BCUT2D eigenvalue weighted by Crippen LogP contribution is 2.37. The van der Waals surface area contributed by atoms with E-state index in [2.05, 4.69) is 6.58 Å². The standard InChI is InChI=1S/C13H11NO4/c1-2-5-9-8-6-3-4-7-10(8)12(15)13(16)11(9)14(17)18/h2-4,6-7,9,16H,1,5H2. The number of allylic oxidation sites excluding steroid dienone is 3. The molecule has 0 fully saturated rings. The third kappa shape index (κ3) is 1.69. The molecule has 0 aromatic heterocycles. The molecule has 0 spiro atoms. The number of Topliss-reactive ketones (excluding diaryl/α,β-unsaturated/α-hetero) is 1. The molecule has 0 heterocycles. The van der Waals surface area contributed by atoms with Crippen molar-refractivity contribution in [3.8, 4) is 0 Å². The summed E-state index contributed by atoms with van der Waals surface area (Å²) in [7, 11) is 0. The lowest BCUT2D eigenvalue weighted by atomic mass is 9.82. The van der Waals surface area contributed by atoms with E-state index < -0.39 is 28.1 Å². The molecule has 18 heavy (non-hydrogen) atoms. The molecule has 0 aliphatic heterocycles. The summed E-state index contributed by atoms with van der Waals surface area (Å²) in [4.78, 5) is 22.2. The highest BCUT2D eigenvalue weighted by atomic mass is 16.6. The average Bonchev–Trinajstić information content (AvgIpc) is 2.35. The number of fused-ring (bicyclic) bond motifs is 1. The lowest BCUT2D eigenvalue weighted by molar-refractivity contribution is -0.433. The summed E-state index contributed by atoms with van der Waals surface area (Å²) in [6.07, 6.45) is 1.83. The van der Waals surface area contributed by atoms with Crippen LogP contribution in [0.15, 0.2) is 48.4 Å². The van der Waals surface area contributed by atoms with Crippen LogP contribution >= 0.6 is 0 Å². The zero-order valence-corrected chi connectivity index (χ0v) is 9.50. The van der Waals surface area contributed by atoms with Gasteiger partial charge in [0, 0.05) is 5.56 Å². The predicted molar refractivity (Wildman–Crippen MR) is 65.0 cm³/mol. The van der Waals surface area contributed by atoms with Crippen molar-refractivity contribution in [2.45, 2.75) is 12.3 Å². The van der Waals surface area contributed by atoms with Gasteiger partial charge in [0.2, 0.25) is 11.5 Å². The van der Waals surface area contributed by atoms with E-state index in [4.69, 9.17) is 0 Å². The molecule has 1 aromatic rings. The van der Waals surface area contributed by atoms with E-state index in [1.807, 2.05) is 0 Å². The summed E-state index contributed by atoms with van der Waals surface area (Å²) in [5.74, 6) is -2.10. The molecule has 92 valence electrons. The Kier molecular flexibility index (Phi) is 2.97. The molecule has 1 aromatic carbocycles. The minimum atomic E-state index is -0.773. The number of nitrogens with zero attached hydrogens (tertiary/aromatic N) is 1. The van der Waals surface area contributed by atoms with Crippen LogP contribution in [0.1, 0.15) is 28.3 Å². The van der Waals surface area contributed by atoms with E-state index in [1.165, 1.54) is 6.08 Å². The van der Waals surface area contributed by atoms with Gasteiger partial charge in [0.25, 0.3) is 5.70 Å². The van der Waals surface area contributed by atoms with Gasteiger partial charge in [-0.1, -0.05) is 30.3 Å². The largest absolute Gasteiger partial charge is 0.500 e. The molecule has 0 amide bonds. The molecule has 2 rings (SSSR count). The Bertz CT molecular complexity index is 574. The molecule has 0 radical (unpaired) electrons. The molecule has 1 aliphatic rings. The van der Waals surface area contributed by atoms with Crippen molar-refractivity contribution >= 4 is 5.78 Å². The maximum Gasteiger partial charge on any atom is 0.299 e. The van der Waals surface area contributed by atoms with Crippen LogP contribution in [0.2, 0.25) is 0 Å². The summed E-state index contributed by atoms with van der Waals surface area (Å²) in [5, 5.41) is 20.7. The first-order chi connectivity index (χ1) is 8.57. The second-order valence-corrected chi connectivity index (χ2v) is 3.98. The van der Waals surface area contributed by atoms with Crippen molar-refractivity contribution < 1.29 is 14.8 Å². The molecule has 1 aliphatic carbocycles. The Labute approximate surface area is 103 Å². The van der Waals surface area contributed by atoms with Crippen LogP contribution in [0, 0.1) is 10.1 Å². The molecular weight excluding hydrogens is 234 g/mol. The fourth-order valence-electron chi connectivity index (χ4n) is 2.18. The number of rotatable bonds is 3. The fourth-order valence-corrected chi connectivity index (χ4v) is 2.18. The second-order valence-electron chi connectivity index (χ2n) is 3.98. The maximum absolute atomic E-state index is 11.8. The second kappa shape index (κ2) is 4.44. The number of hydrogen-bond donors (Lipinski definition) is 1. The van der Waals surface area contributed by atoms with E-state index in [9.17, 15) is 20.0 Å². The van der Waals surface area contributed by atoms with E-state index in [0.717, 1.165) is 0 Å². The van der Waals surface area contributed by atoms with Gasteiger partial charge in [-0.25, -0.2) is 0 Å². The first kappa shape index (κ1) is 12.0. The molecule has 0 saturated heterocycles. The normalized spacial score (nSPS) is 18.4. The van der Waals surface area contributed by atoms with Crippen LogP contribution in [0.4, 0.5) is 0 Å². The third-order valence-electron chi connectivity index (χ3n) is 2.97. The lowest BCUT2D eigenvalue weighted by Crippen LogP contribution is -2.24. The van der Waals surface area contributed by atoms with Crippen LogP contribution < -0.4 is 0 Å². The van der Waals surface area contributed by atoms with Gasteiger partial charge in [0.1, 0.15) is 0 Å². The Morgan fingerprint density at radius 1 is 1.44 bits per heavy atom. The van der Waals surface area contributed by atoms with E-state index in [0.29, 0.717) is 17.5 Å². The number of aliphatic hydroxyl groups is 1. The number of carbonyl (C=O) groups is 1. The SMILES string of the molecule is C=CCC1C([N+](=O)[O-])=C(O)C(=O)c2ccccc21. The smallest absolute Gasteiger partial charge is 0.299 e. The maximum atomic E-state index is 11.8. The van der Waals surface area contributed by atoms with Gasteiger partial charge in [-0.15, -0.1) is 6.58 Å². The van der Waals surface area contributed by atoms with Gasteiger partial charge >= 0.3 is 0 Å². The molecular formula is C13H11NO4. The molecule has 1 atom stereocenters. The van der Waals surface area contributed by atoms with Crippen LogP contribution in [-0.2, 0) is 0 Å². The average molecular weight is 245 g/mol. The predicted octanol–water partition coefficient (Wildman–Crippen LogP) is 2.59. The van der Waals surface area contributed by atoms with Crippen LogP contribution in [0.25, 0.3) is 0 Å². The van der Waals surface area contributed by atoms with Crippen molar-refractivity contribution in [3.63, 3.8) is 0 Å². The third-order valence-corrected chi connectivity index (χ3v) is 2.97. The number of benzene rings is 1. The van der Waals surface area contributed by atoms with Crippen LogP contribution in [0.3, 0.4) is 0 Å². The van der Waals surface area contributed by atoms with Crippen molar-refractivity contribution in [2.24, 2.45) is 0 Å². The van der Waals surface area contributed by atoms with Gasteiger partial charge < -0.3 is 5.11 Å². The number of hydrogen-bond acceptors (Lipinski definition) is 4. The Balaban J connectivity index is 2.68. The topological polar surface area (TPSA) is 80.4 Å². The number of ketones is 1. The van der Waals surface area contributed by atoms with Gasteiger partial charge in [0.15, 0.2) is 0 Å². The highest BCUT2D eigenvalue weighted by molar-refractivity contribution is 6.09. The quantitative estimate of drug-likeness (QED) is 0.504. The number of carbonyl (C=O) groups excluding carboxylic acids is 1. The molecule has 0 bridgehead atoms. The Hall–Kier alpha value is -2.43. The highest BCUT2D eigenvalue weighted by Gasteiger charge is 2.40. The van der Waals surface area contributed by atoms with Gasteiger partial charge in [0.05, 0.1) is 10.8 Å². The van der Waals surface area contributed by atoms with E-state index >= 15 is 0 Å². The monoisotopic (exact) mass is 245 g/mol. The first-order valence-electron chi connectivity index (χ1n) is 5.40. The van der Waals surface area contributed by atoms with Crippen molar-refractivity contribution in [2.75, 3.05) is 0 Å². The minimum Gasteiger partial charge on any atom is -0.500 e. The molecule has 5 heteroatoms. The Morgan fingerprint density at radius 2 is 2.11 bits per heavy atom. The zero-order chi connectivity index (χ0) is 13.3. The number of nitro groups is 1. The summed E-state index contributed by atoms with van der Waals surface area (Å²) in [5.41, 5.74) is 0.429. The van der Waals surface area contributed by atoms with Crippen molar-refractivity contribution in [1.29, 1.82) is 0 Å². The van der Waals surface area contributed by atoms with Crippen molar-refractivity contribution in [3.05, 3.63) is 69.6 Å². The van der Waals surface area contributed by atoms with Crippen LogP contribution in [0.5, 0.6) is 0 Å². The first-order valence-corrected chi connectivity index (χ1v) is 5.40. The summed E-state index contributed by atoms with van der Waals surface area (Å²) in [6, 6.07) is 6.59. The van der Waals surface area contributed by atoms with Gasteiger partial charge in [-0.2, -0.15) is 0 Å². The fraction of sp³-hybridized carbons (Fsp3) is 0.154. The summed E-state index contributed by atoms with van der Waals surface area (Å²) < 4.78 is 0. The van der Waals surface area contributed by atoms with Gasteiger partial charge in [-0.3, -0.25) is 14.9 Å². The minimum absolute atomic E-state index is 0.296. The van der Waals surface area contributed by atoms with Crippen molar-refractivity contribution in [1.82, 2.24) is 0 Å². The molecule has 5 nitrogen and oxygen atoms in total. The lowest BCUT2D eigenvalue weighted by Gasteiger charge is -2.21.